The minimum absolute atomic E-state index is 0.229. The van der Waals surface area contributed by atoms with Crippen molar-refractivity contribution in [2.45, 2.75) is 6.61 Å². The summed E-state index contributed by atoms with van der Waals surface area (Å²) in [5, 5.41) is 9.16. The van der Waals surface area contributed by atoms with E-state index in [1.54, 1.807) is 43.5 Å². The van der Waals surface area contributed by atoms with E-state index in [4.69, 9.17) is 26.3 Å². The molecular weight excluding hydrogens is 290 g/mol. The fourth-order valence-corrected chi connectivity index (χ4v) is 2.03. The molecule has 0 bridgehead atoms. The Balaban J connectivity index is 2.18. The number of aldehydes is 1. The zero-order valence-corrected chi connectivity index (χ0v) is 12.1. The van der Waals surface area contributed by atoms with Crippen molar-refractivity contribution in [2.24, 2.45) is 0 Å². The summed E-state index contributed by atoms with van der Waals surface area (Å²) in [4.78, 5) is 10.8. The highest BCUT2D eigenvalue weighted by molar-refractivity contribution is 6.31. The summed E-state index contributed by atoms with van der Waals surface area (Å²) in [6.45, 7) is 0.229. The van der Waals surface area contributed by atoms with Gasteiger partial charge in [-0.15, -0.1) is 0 Å². The van der Waals surface area contributed by atoms with Crippen LogP contribution in [0, 0.1) is 11.3 Å². The lowest BCUT2D eigenvalue weighted by atomic mass is 10.1. The van der Waals surface area contributed by atoms with Crippen LogP contribution in [-0.2, 0) is 6.61 Å². The lowest BCUT2D eigenvalue weighted by Crippen LogP contribution is -2.00. The molecule has 106 valence electrons. The quantitative estimate of drug-likeness (QED) is 0.792. The molecule has 0 heterocycles. The average Bonchev–Trinajstić information content (AvgIpc) is 2.52. The van der Waals surface area contributed by atoms with Crippen LogP contribution in [0.4, 0.5) is 0 Å². The van der Waals surface area contributed by atoms with Gasteiger partial charge in [0.2, 0.25) is 0 Å². The molecule has 0 aliphatic rings. The van der Waals surface area contributed by atoms with Gasteiger partial charge >= 0.3 is 0 Å². The van der Waals surface area contributed by atoms with Crippen molar-refractivity contribution in [3.05, 3.63) is 58.1 Å². The van der Waals surface area contributed by atoms with E-state index >= 15 is 0 Å². The van der Waals surface area contributed by atoms with Crippen molar-refractivity contribution < 1.29 is 14.3 Å². The zero-order valence-electron chi connectivity index (χ0n) is 11.3. The largest absolute Gasteiger partial charge is 0.496 e. The van der Waals surface area contributed by atoms with Crippen LogP contribution in [0.25, 0.3) is 0 Å². The van der Waals surface area contributed by atoms with Crippen LogP contribution in [0.5, 0.6) is 11.5 Å². The number of methoxy groups -OCH3 is 1. The number of halogens is 1. The summed E-state index contributed by atoms with van der Waals surface area (Å²) in [5.41, 5.74) is 1.69. The highest BCUT2D eigenvalue weighted by atomic mass is 35.5. The zero-order chi connectivity index (χ0) is 15.2. The Hall–Kier alpha value is -2.51. The number of nitriles is 1. The molecule has 0 amide bonds. The highest BCUT2D eigenvalue weighted by Crippen LogP contribution is 2.25. The Bertz CT molecular complexity index is 707. The Morgan fingerprint density at radius 2 is 2.10 bits per heavy atom. The summed E-state index contributed by atoms with van der Waals surface area (Å²) in [5.74, 6) is 1.18. The van der Waals surface area contributed by atoms with E-state index in [-0.39, 0.29) is 6.61 Å². The standard InChI is InChI=1S/C16H12ClNO3/c1-20-16-5-2-11(9-19)6-13(16)10-21-14-4-3-12(8-18)15(17)7-14/h2-7,9H,10H2,1H3. The Kier molecular flexibility index (Phi) is 4.81. The van der Waals surface area contributed by atoms with Crippen molar-refractivity contribution in [3.63, 3.8) is 0 Å². The molecule has 0 unspecified atom stereocenters. The van der Waals surface area contributed by atoms with E-state index in [0.29, 0.717) is 27.6 Å². The van der Waals surface area contributed by atoms with Crippen LogP contribution < -0.4 is 9.47 Å². The molecule has 2 aromatic carbocycles. The van der Waals surface area contributed by atoms with Crippen LogP contribution in [0.15, 0.2) is 36.4 Å². The van der Waals surface area contributed by atoms with Gasteiger partial charge in [-0.2, -0.15) is 5.26 Å². The van der Waals surface area contributed by atoms with Gasteiger partial charge in [0.25, 0.3) is 0 Å². The number of nitrogens with zero attached hydrogens (tertiary/aromatic N) is 1. The van der Waals surface area contributed by atoms with Crippen molar-refractivity contribution in [3.8, 4) is 17.6 Å². The van der Waals surface area contributed by atoms with E-state index in [2.05, 4.69) is 0 Å². The first-order chi connectivity index (χ1) is 10.2. The van der Waals surface area contributed by atoms with Gasteiger partial charge in [0, 0.05) is 17.2 Å². The first-order valence-electron chi connectivity index (χ1n) is 6.12. The third-order valence-electron chi connectivity index (χ3n) is 2.90. The second-order valence-corrected chi connectivity index (χ2v) is 4.64. The van der Waals surface area contributed by atoms with Crippen molar-refractivity contribution >= 4 is 17.9 Å². The molecule has 5 heteroatoms. The SMILES string of the molecule is COc1ccc(C=O)cc1COc1ccc(C#N)c(Cl)c1. The van der Waals surface area contributed by atoms with Crippen molar-refractivity contribution in [1.82, 2.24) is 0 Å². The van der Waals surface area contributed by atoms with Gasteiger partial charge in [-0.3, -0.25) is 4.79 Å². The lowest BCUT2D eigenvalue weighted by molar-refractivity contribution is 0.112. The molecule has 0 N–H and O–H groups in total. The van der Waals surface area contributed by atoms with E-state index in [0.717, 1.165) is 11.8 Å². The van der Waals surface area contributed by atoms with Crippen LogP contribution in [0.3, 0.4) is 0 Å². The minimum Gasteiger partial charge on any atom is -0.496 e. The number of rotatable bonds is 5. The van der Waals surface area contributed by atoms with Gasteiger partial charge in [0.05, 0.1) is 17.7 Å². The summed E-state index contributed by atoms with van der Waals surface area (Å²) >= 11 is 5.94. The molecule has 0 fully saturated rings. The molecule has 2 rings (SSSR count). The molecule has 0 aromatic heterocycles. The first-order valence-corrected chi connectivity index (χ1v) is 6.50. The molecule has 21 heavy (non-hydrogen) atoms. The van der Waals surface area contributed by atoms with Gasteiger partial charge in [-0.1, -0.05) is 11.6 Å². The number of carbonyl (C=O) groups is 1. The van der Waals surface area contributed by atoms with Gasteiger partial charge < -0.3 is 9.47 Å². The second-order valence-electron chi connectivity index (χ2n) is 4.23. The molecule has 0 aliphatic carbocycles. The predicted molar refractivity (Wildman–Crippen MR) is 78.9 cm³/mol. The Labute approximate surface area is 127 Å². The van der Waals surface area contributed by atoms with E-state index < -0.39 is 0 Å². The van der Waals surface area contributed by atoms with E-state index in [9.17, 15) is 4.79 Å². The molecule has 0 saturated heterocycles. The predicted octanol–water partition coefficient (Wildman–Crippen LogP) is 3.61. The third kappa shape index (κ3) is 3.53. The topological polar surface area (TPSA) is 59.3 Å². The number of ether oxygens (including phenoxy) is 2. The molecule has 2 aromatic rings. The van der Waals surface area contributed by atoms with Crippen molar-refractivity contribution in [2.75, 3.05) is 7.11 Å². The van der Waals surface area contributed by atoms with Gasteiger partial charge in [-0.05, 0) is 30.3 Å². The number of hydrogen-bond donors (Lipinski definition) is 0. The van der Waals surface area contributed by atoms with Crippen LogP contribution in [0.2, 0.25) is 5.02 Å². The fraction of sp³-hybridized carbons (Fsp3) is 0.125. The molecule has 4 nitrogen and oxygen atoms in total. The normalized spacial score (nSPS) is 9.76. The molecule has 0 spiro atoms. The number of hydrogen-bond acceptors (Lipinski definition) is 4. The van der Waals surface area contributed by atoms with Gasteiger partial charge in [0.15, 0.2) is 0 Å². The monoisotopic (exact) mass is 301 g/mol. The maximum atomic E-state index is 10.8. The van der Waals surface area contributed by atoms with Gasteiger partial charge in [0.1, 0.15) is 30.5 Å². The molecular formula is C16H12ClNO3. The maximum absolute atomic E-state index is 10.8. The summed E-state index contributed by atoms with van der Waals surface area (Å²) < 4.78 is 10.9. The molecule has 0 saturated carbocycles. The van der Waals surface area contributed by atoms with Crippen LogP contribution in [0.1, 0.15) is 21.5 Å². The fourth-order valence-electron chi connectivity index (χ4n) is 1.82. The number of benzene rings is 2. The first kappa shape index (κ1) is 14.9. The van der Waals surface area contributed by atoms with Crippen LogP contribution >= 0.6 is 11.6 Å². The molecule has 0 atom stereocenters. The summed E-state index contributed by atoms with van der Waals surface area (Å²) in [6.07, 6.45) is 0.765. The van der Waals surface area contributed by atoms with E-state index in [1.165, 1.54) is 0 Å². The maximum Gasteiger partial charge on any atom is 0.150 e. The molecule has 0 aliphatic heterocycles. The minimum atomic E-state index is 0.229. The van der Waals surface area contributed by atoms with Crippen molar-refractivity contribution in [1.29, 1.82) is 5.26 Å². The Morgan fingerprint density at radius 1 is 1.29 bits per heavy atom. The van der Waals surface area contributed by atoms with Crippen LogP contribution in [-0.4, -0.2) is 13.4 Å². The highest BCUT2D eigenvalue weighted by Gasteiger charge is 2.07. The molecule has 0 radical (unpaired) electrons. The average molecular weight is 302 g/mol. The Morgan fingerprint density at radius 3 is 2.71 bits per heavy atom. The van der Waals surface area contributed by atoms with Gasteiger partial charge in [-0.25, -0.2) is 0 Å². The summed E-state index contributed by atoms with van der Waals surface area (Å²) in [7, 11) is 1.55. The van der Waals surface area contributed by atoms with E-state index in [1.807, 2.05) is 6.07 Å². The third-order valence-corrected chi connectivity index (χ3v) is 3.21. The number of carbonyl (C=O) groups excluding carboxylic acids is 1. The summed E-state index contributed by atoms with van der Waals surface area (Å²) in [6, 6.07) is 11.9. The second kappa shape index (κ2) is 6.78. The smallest absolute Gasteiger partial charge is 0.150 e. The lowest BCUT2D eigenvalue weighted by Gasteiger charge is -2.11.